The zero-order chi connectivity index (χ0) is 14.3. The average Bonchev–Trinajstić information content (AvgIpc) is 2.35. The molecule has 0 aliphatic carbocycles. The van der Waals surface area contributed by atoms with Crippen molar-refractivity contribution in [3.63, 3.8) is 0 Å². The maximum Gasteiger partial charge on any atom is 1.00 e. The number of benzene rings is 1. The molecule has 10 heteroatoms. The third-order valence-corrected chi connectivity index (χ3v) is 2.63. The third-order valence-electron chi connectivity index (χ3n) is 2.17. The summed E-state index contributed by atoms with van der Waals surface area (Å²) in [6, 6.07) is 7.74. The van der Waals surface area contributed by atoms with Crippen LogP contribution in [0.15, 0.2) is 30.3 Å². The number of hydrogen-bond acceptors (Lipinski definition) is 6. The van der Waals surface area contributed by atoms with Gasteiger partial charge in [-0.3, -0.25) is 0 Å². The van der Waals surface area contributed by atoms with Crippen LogP contribution in [0.5, 0.6) is 0 Å². The van der Waals surface area contributed by atoms with E-state index < -0.39 is 26.6 Å². The molecule has 106 valence electrons. The van der Waals surface area contributed by atoms with Crippen LogP contribution in [0.4, 0.5) is 4.79 Å². The monoisotopic (exact) mass is 333 g/mol. The van der Waals surface area contributed by atoms with Gasteiger partial charge in [-0.1, -0.05) is 30.3 Å². The number of alkyl carbamates (subject to hydrolysis) is 1. The van der Waals surface area contributed by atoms with E-state index in [1.165, 1.54) is 0 Å². The third kappa shape index (κ3) is 10.9. The maximum atomic E-state index is 11.3. The van der Waals surface area contributed by atoms with Crippen LogP contribution in [-0.4, -0.2) is 19.3 Å². The van der Waals surface area contributed by atoms with E-state index in [9.17, 15) is 19.1 Å². The van der Waals surface area contributed by atoms with Gasteiger partial charge in [-0.2, -0.15) is 0 Å². The van der Waals surface area contributed by atoms with E-state index in [0.717, 1.165) is 0 Å². The van der Waals surface area contributed by atoms with Gasteiger partial charge in [-0.15, -0.1) is 0 Å². The Morgan fingerprint density at radius 3 is 2.33 bits per heavy atom. The van der Waals surface area contributed by atoms with E-state index in [-0.39, 0.29) is 65.7 Å². The van der Waals surface area contributed by atoms with Gasteiger partial charge in [-0.25, -0.2) is 4.79 Å². The zero-order valence-electron chi connectivity index (χ0n) is 12.3. The summed E-state index contributed by atoms with van der Waals surface area (Å²) < 4.78 is 19.4. The number of rotatable bonds is 6. The first-order chi connectivity index (χ1) is 8.92. The van der Waals surface area contributed by atoms with Crippen molar-refractivity contribution >= 4 is 13.9 Å². The Labute approximate surface area is 167 Å². The fourth-order valence-corrected chi connectivity index (χ4v) is 1.72. The average molecular weight is 333 g/mol. The summed E-state index contributed by atoms with van der Waals surface area (Å²) in [5, 5.41) is 2.42. The van der Waals surface area contributed by atoms with Gasteiger partial charge in [0.2, 0.25) is 0 Å². The van der Waals surface area contributed by atoms with Gasteiger partial charge in [0.05, 0.1) is 27.1 Å². The molecule has 0 saturated carbocycles. The van der Waals surface area contributed by atoms with Crippen molar-refractivity contribution in [3.05, 3.63) is 35.9 Å². The van der Waals surface area contributed by atoms with E-state index in [4.69, 9.17) is 4.74 Å². The Kier molecular flexibility index (Phi) is 13.7. The fourth-order valence-electron chi connectivity index (χ4n) is 1.39. The number of ether oxygens (including phenoxy) is 1. The number of carbonyl (C=O) groups is 1. The van der Waals surface area contributed by atoms with Crippen LogP contribution in [0.2, 0.25) is 0 Å². The first-order valence-corrected chi connectivity index (χ1v) is 7.03. The van der Waals surface area contributed by atoms with Crippen LogP contribution >= 0.6 is 7.82 Å². The van der Waals surface area contributed by atoms with Gasteiger partial charge in [0.1, 0.15) is 0 Å². The molecule has 0 heterocycles. The molecule has 0 aliphatic rings. The molecule has 7 nitrogen and oxygen atoms in total. The van der Waals surface area contributed by atoms with Crippen LogP contribution < -0.4 is 74.2 Å². The molecule has 0 unspecified atom stereocenters. The van der Waals surface area contributed by atoms with Crippen molar-refractivity contribution in [1.29, 1.82) is 0 Å². The minimum Gasteiger partial charge on any atom is -0.790 e. The molecular formula is C11H14NNa2O6P. The molecular weight excluding hydrogens is 319 g/mol. The predicted molar refractivity (Wildman–Crippen MR) is 62.9 cm³/mol. The second-order valence-corrected chi connectivity index (χ2v) is 4.72. The van der Waals surface area contributed by atoms with Crippen molar-refractivity contribution in [1.82, 2.24) is 5.32 Å². The fraction of sp³-hybridized carbons (Fsp3) is 0.364. The maximum absolute atomic E-state index is 11.3. The van der Waals surface area contributed by atoms with Crippen molar-refractivity contribution < 1.29 is 87.5 Å². The molecule has 21 heavy (non-hydrogen) atoms. The second kappa shape index (κ2) is 12.1. The number of carbonyl (C=O) groups excluding carboxylic acids is 1. The van der Waals surface area contributed by atoms with Crippen LogP contribution in [-0.2, 0) is 13.8 Å². The summed E-state index contributed by atoms with van der Waals surface area (Å²) in [4.78, 5) is 32.3. The Morgan fingerprint density at radius 2 is 1.86 bits per heavy atom. The molecule has 0 radical (unpaired) electrons. The molecule has 1 N–H and O–H groups in total. The second-order valence-electron chi connectivity index (χ2n) is 3.57. The van der Waals surface area contributed by atoms with Crippen molar-refractivity contribution in [2.24, 2.45) is 0 Å². The van der Waals surface area contributed by atoms with E-state index in [1.807, 2.05) is 0 Å². The molecule has 0 aliphatic heterocycles. The summed E-state index contributed by atoms with van der Waals surface area (Å²) in [7, 11) is -5.09. The molecule has 0 bridgehead atoms. The predicted octanol–water partition coefficient (Wildman–Crippen LogP) is -5.67. The molecule has 0 spiro atoms. The Hall–Kier alpha value is 0.600. The summed E-state index contributed by atoms with van der Waals surface area (Å²) in [5.41, 5.74) is 0.601. The molecule has 1 atom stereocenters. The van der Waals surface area contributed by atoms with Crippen LogP contribution in [0.1, 0.15) is 18.5 Å². The van der Waals surface area contributed by atoms with E-state index in [2.05, 4.69) is 9.84 Å². The zero-order valence-corrected chi connectivity index (χ0v) is 17.2. The minimum absolute atomic E-state index is 0. The standard InChI is InChI=1S/C11H16NO6P.2Na/c1-2-17-11(13)12-10(8-18-19(14,15)16)9-6-4-3-5-7-9;;/h3-7,10H,2,8H2,1H3,(H,12,13)(H2,14,15,16);;/q;2*+1/p-2/t10-;;/m0../s1. The minimum atomic E-state index is -5.09. The Morgan fingerprint density at radius 1 is 1.29 bits per heavy atom. The first kappa shape index (κ1) is 23.9. The van der Waals surface area contributed by atoms with Gasteiger partial charge in [0.15, 0.2) is 0 Å². The topological polar surface area (TPSA) is 111 Å². The van der Waals surface area contributed by atoms with Crippen LogP contribution in [0.25, 0.3) is 0 Å². The van der Waals surface area contributed by atoms with Crippen molar-refractivity contribution in [3.8, 4) is 0 Å². The van der Waals surface area contributed by atoms with Gasteiger partial charge in [0, 0.05) is 0 Å². The first-order valence-electron chi connectivity index (χ1n) is 5.57. The Balaban J connectivity index is 0. The normalized spacial score (nSPS) is 11.6. The quantitative estimate of drug-likeness (QED) is 0.410. The summed E-state index contributed by atoms with van der Waals surface area (Å²) in [6.07, 6.45) is -0.716. The SMILES string of the molecule is CCOC(=O)N[C@@H](COP(=O)([O-])[O-])c1ccccc1.[Na+].[Na+]. The number of phosphoric ester groups is 1. The number of hydrogen-bond donors (Lipinski definition) is 1. The molecule has 0 saturated heterocycles. The number of phosphoric acid groups is 1. The smallest absolute Gasteiger partial charge is 0.790 e. The van der Waals surface area contributed by atoms with Gasteiger partial charge >= 0.3 is 65.2 Å². The molecule has 0 aromatic heterocycles. The van der Waals surface area contributed by atoms with E-state index in [0.29, 0.717) is 5.56 Å². The number of nitrogens with one attached hydrogen (secondary N) is 1. The van der Waals surface area contributed by atoms with Gasteiger partial charge < -0.3 is 28.9 Å². The molecule has 0 fully saturated rings. The summed E-state index contributed by atoms with van der Waals surface area (Å²) in [6.45, 7) is 1.33. The molecule has 1 aromatic rings. The van der Waals surface area contributed by atoms with E-state index in [1.54, 1.807) is 37.3 Å². The van der Waals surface area contributed by atoms with Gasteiger partial charge in [-0.05, 0) is 12.5 Å². The molecule has 1 aromatic carbocycles. The van der Waals surface area contributed by atoms with Crippen molar-refractivity contribution in [2.45, 2.75) is 13.0 Å². The largest absolute Gasteiger partial charge is 1.00 e. The summed E-state index contributed by atoms with van der Waals surface area (Å²) >= 11 is 0. The van der Waals surface area contributed by atoms with Crippen molar-refractivity contribution in [2.75, 3.05) is 13.2 Å². The van der Waals surface area contributed by atoms with Gasteiger partial charge in [0.25, 0.3) is 0 Å². The van der Waals surface area contributed by atoms with E-state index >= 15 is 0 Å². The molecule has 1 amide bonds. The molecule has 1 rings (SSSR count). The van der Waals surface area contributed by atoms with Crippen LogP contribution in [0.3, 0.4) is 0 Å². The van der Waals surface area contributed by atoms with Crippen LogP contribution in [0, 0.1) is 0 Å². The Bertz CT molecular complexity index is 455. The number of amides is 1. The summed E-state index contributed by atoms with van der Waals surface area (Å²) in [5.74, 6) is 0.